The van der Waals surface area contributed by atoms with Gasteiger partial charge in [-0.05, 0) is 43.5 Å². The summed E-state index contributed by atoms with van der Waals surface area (Å²) in [6, 6.07) is 8.07. The number of carbonyl (C=O) groups is 1. The average Bonchev–Trinajstić information content (AvgIpc) is 3.24. The number of carbonyl (C=O) groups excluding carboxylic acids is 1. The van der Waals surface area contributed by atoms with Gasteiger partial charge in [-0.15, -0.1) is 0 Å². The Bertz CT molecular complexity index is 955. The predicted molar refractivity (Wildman–Crippen MR) is 103 cm³/mol. The minimum Gasteiger partial charge on any atom is -0.343 e. The first-order chi connectivity index (χ1) is 13.6. The first-order valence-electron chi connectivity index (χ1n) is 9.46. The largest absolute Gasteiger partial charge is 0.343 e. The van der Waals surface area contributed by atoms with Gasteiger partial charge in [-0.2, -0.15) is 0 Å². The molecule has 6 nitrogen and oxygen atoms in total. The number of amides is 1. The molecule has 0 saturated carbocycles. The number of aromatic amines is 1. The number of nitrogens with one attached hydrogen (secondary N) is 1. The van der Waals surface area contributed by atoms with Gasteiger partial charge < -0.3 is 9.88 Å². The quantitative estimate of drug-likeness (QED) is 0.755. The summed E-state index contributed by atoms with van der Waals surface area (Å²) < 4.78 is 13.1. The lowest BCUT2D eigenvalue weighted by atomic mass is 9.93. The summed E-state index contributed by atoms with van der Waals surface area (Å²) in [4.78, 5) is 31.1. The van der Waals surface area contributed by atoms with E-state index in [1.807, 2.05) is 17.9 Å². The molecule has 0 spiro atoms. The Hall–Kier alpha value is -3.09. The molecule has 1 fully saturated rings. The van der Waals surface area contributed by atoms with Crippen molar-refractivity contribution in [1.29, 1.82) is 0 Å². The number of piperidine rings is 1. The second-order valence-electron chi connectivity index (χ2n) is 7.15. The highest BCUT2D eigenvalue weighted by molar-refractivity contribution is 5.79. The van der Waals surface area contributed by atoms with E-state index in [0.29, 0.717) is 18.2 Å². The van der Waals surface area contributed by atoms with Crippen LogP contribution in [-0.2, 0) is 11.2 Å². The van der Waals surface area contributed by atoms with E-state index in [1.165, 1.54) is 12.1 Å². The van der Waals surface area contributed by atoms with Gasteiger partial charge in [0.1, 0.15) is 17.3 Å². The molecule has 144 valence electrons. The molecule has 1 aliphatic rings. The molecule has 0 aliphatic carbocycles. The van der Waals surface area contributed by atoms with Crippen molar-refractivity contribution in [2.24, 2.45) is 0 Å². The molecular formula is C21H22FN5O. The molecular weight excluding hydrogens is 357 g/mol. The van der Waals surface area contributed by atoms with Crippen molar-refractivity contribution in [3.05, 3.63) is 65.6 Å². The number of H-pyrrole nitrogens is 1. The second kappa shape index (κ2) is 7.88. The van der Waals surface area contributed by atoms with Gasteiger partial charge in [0.05, 0.1) is 6.42 Å². The normalized spacial score (nSPS) is 16.9. The fourth-order valence-corrected chi connectivity index (χ4v) is 3.66. The van der Waals surface area contributed by atoms with Gasteiger partial charge in [0.15, 0.2) is 5.82 Å². The molecule has 1 atom stereocenters. The third kappa shape index (κ3) is 4.08. The van der Waals surface area contributed by atoms with Gasteiger partial charge in [0, 0.05) is 37.1 Å². The number of halogens is 1. The Morgan fingerprint density at radius 3 is 2.86 bits per heavy atom. The van der Waals surface area contributed by atoms with Crippen LogP contribution in [-0.4, -0.2) is 43.8 Å². The van der Waals surface area contributed by atoms with Crippen molar-refractivity contribution in [2.75, 3.05) is 13.1 Å². The number of benzene rings is 1. The third-order valence-electron chi connectivity index (χ3n) is 5.06. The molecule has 1 saturated heterocycles. The fourth-order valence-electron chi connectivity index (χ4n) is 3.66. The summed E-state index contributed by atoms with van der Waals surface area (Å²) in [5.41, 5.74) is 2.53. The first-order valence-corrected chi connectivity index (χ1v) is 9.46. The zero-order valence-corrected chi connectivity index (χ0v) is 15.7. The average molecular weight is 379 g/mol. The number of aromatic nitrogens is 4. The third-order valence-corrected chi connectivity index (χ3v) is 5.06. The Balaban J connectivity index is 1.49. The van der Waals surface area contributed by atoms with Crippen LogP contribution in [0.15, 0.2) is 42.7 Å². The molecule has 3 heterocycles. The van der Waals surface area contributed by atoms with Crippen molar-refractivity contribution >= 4 is 5.91 Å². The Kier molecular flexibility index (Phi) is 5.14. The number of rotatable bonds is 4. The number of hydrogen-bond donors (Lipinski definition) is 1. The van der Waals surface area contributed by atoms with Gasteiger partial charge in [-0.1, -0.05) is 12.1 Å². The summed E-state index contributed by atoms with van der Waals surface area (Å²) in [7, 11) is 0. The topological polar surface area (TPSA) is 74.8 Å². The van der Waals surface area contributed by atoms with Gasteiger partial charge in [0.25, 0.3) is 0 Å². The summed E-state index contributed by atoms with van der Waals surface area (Å²) >= 11 is 0. The standard InChI is InChI=1S/C21H22FN5O/c1-14-25-18(12-19(26-14)21-23-8-9-24-21)16-3-2-10-27(13-16)20(28)11-15-4-6-17(22)7-5-15/h4-9,12,16H,2-3,10-11,13H2,1H3,(H,23,24)/t16-/m1/s1. The van der Waals surface area contributed by atoms with Crippen molar-refractivity contribution in [3.8, 4) is 11.5 Å². The summed E-state index contributed by atoms with van der Waals surface area (Å²) in [6.45, 7) is 3.25. The lowest BCUT2D eigenvalue weighted by molar-refractivity contribution is -0.131. The van der Waals surface area contributed by atoms with E-state index in [0.717, 1.165) is 36.3 Å². The number of likely N-dealkylation sites (tertiary alicyclic amines) is 1. The summed E-state index contributed by atoms with van der Waals surface area (Å²) in [6.07, 6.45) is 5.66. The Labute approximate surface area is 162 Å². The molecule has 0 radical (unpaired) electrons. The maximum atomic E-state index is 13.1. The smallest absolute Gasteiger partial charge is 0.227 e. The van der Waals surface area contributed by atoms with Crippen LogP contribution in [0, 0.1) is 12.7 Å². The Morgan fingerprint density at radius 1 is 1.29 bits per heavy atom. The van der Waals surface area contributed by atoms with E-state index in [4.69, 9.17) is 0 Å². The van der Waals surface area contributed by atoms with Crippen molar-refractivity contribution < 1.29 is 9.18 Å². The van der Waals surface area contributed by atoms with E-state index in [2.05, 4.69) is 19.9 Å². The van der Waals surface area contributed by atoms with E-state index in [9.17, 15) is 9.18 Å². The van der Waals surface area contributed by atoms with Crippen LogP contribution in [0.3, 0.4) is 0 Å². The molecule has 3 aromatic rings. The maximum absolute atomic E-state index is 13.1. The summed E-state index contributed by atoms with van der Waals surface area (Å²) in [5.74, 6) is 1.35. The van der Waals surface area contributed by atoms with Gasteiger partial charge in [-0.25, -0.2) is 19.3 Å². The Morgan fingerprint density at radius 2 is 2.11 bits per heavy atom. The minimum absolute atomic E-state index is 0.0633. The van der Waals surface area contributed by atoms with Gasteiger partial charge in [-0.3, -0.25) is 4.79 Å². The molecule has 0 unspecified atom stereocenters. The summed E-state index contributed by atoms with van der Waals surface area (Å²) in [5, 5.41) is 0. The van der Waals surface area contributed by atoms with Crippen LogP contribution in [0.5, 0.6) is 0 Å². The molecule has 1 amide bonds. The SMILES string of the molecule is Cc1nc(-c2ncc[nH]2)cc([C@@H]2CCCN(C(=O)Cc3ccc(F)cc3)C2)n1. The molecule has 28 heavy (non-hydrogen) atoms. The molecule has 1 aromatic carbocycles. The number of imidazole rings is 1. The van der Waals surface area contributed by atoms with E-state index >= 15 is 0 Å². The molecule has 1 N–H and O–H groups in total. The van der Waals surface area contributed by atoms with Crippen LogP contribution in [0.2, 0.25) is 0 Å². The van der Waals surface area contributed by atoms with Gasteiger partial charge in [0.2, 0.25) is 5.91 Å². The number of aryl methyl sites for hydroxylation is 1. The van der Waals surface area contributed by atoms with E-state index in [1.54, 1.807) is 24.5 Å². The lowest BCUT2D eigenvalue weighted by Crippen LogP contribution is -2.40. The van der Waals surface area contributed by atoms with Crippen LogP contribution < -0.4 is 0 Å². The highest BCUT2D eigenvalue weighted by Gasteiger charge is 2.26. The van der Waals surface area contributed by atoms with Crippen LogP contribution in [0.25, 0.3) is 11.5 Å². The minimum atomic E-state index is -0.291. The van der Waals surface area contributed by atoms with Crippen molar-refractivity contribution in [1.82, 2.24) is 24.8 Å². The van der Waals surface area contributed by atoms with Crippen LogP contribution >= 0.6 is 0 Å². The molecule has 7 heteroatoms. The first kappa shape index (κ1) is 18.3. The fraction of sp³-hybridized carbons (Fsp3) is 0.333. The number of hydrogen-bond acceptors (Lipinski definition) is 4. The molecule has 1 aliphatic heterocycles. The lowest BCUT2D eigenvalue weighted by Gasteiger charge is -2.32. The zero-order chi connectivity index (χ0) is 19.5. The van der Waals surface area contributed by atoms with Crippen molar-refractivity contribution in [3.63, 3.8) is 0 Å². The molecule has 0 bridgehead atoms. The highest BCUT2D eigenvalue weighted by atomic mass is 19.1. The second-order valence-corrected chi connectivity index (χ2v) is 7.15. The van der Waals surface area contributed by atoms with Crippen molar-refractivity contribution in [2.45, 2.75) is 32.1 Å². The van der Waals surface area contributed by atoms with Gasteiger partial charge >= 0.3 is 0 Å². The van der Waals surface area contributed by atoms with E-state index < -0.39 is 0 Å². The van der Waals surface area contributed by atoms with Crippen LogP contribution in [0.1, 0.15) is 35.8 Å². The maximum Gasteiger partial charge on any atom is 0.227 e. The molecule has 4 rings (SSSR count). The van der Waals surface area contributed by atoms with E-state index in [-0.39, 0.29) is 24.1 Å². The predicted octanol–water partition coefficient (Wildman–Crippen LogP) is 3.26. The molecule has 2 aromatic heterocycles. The highest BCUT2D eigenvalue weighted by Crippen LogP contribution is 2.28. The number of nitrogens with zero attached hydrogens (tertiary/aromatic N) is 4. The zero-order valence-electron chi connectivity index (χ0n) is 15.7. The monoisotopic (exact) mass is 379 g/mol. The van der Waals surface area contributed by atoms with Crippen LogP contribution in [0.4, 0.5) is 4.39 Å².